The summed E-state index contributed by atoms with van der Waals surface area (Å²) in [6, 6.07) is 5.41. The second-order valence-electron chi connectivity index (χ2n) is 6.62. The Morgan fingerprint density at radius 1 is 1.29 bits per heavy atom. The molecule has 0 spiro atoms. The third-order valence-corrected chi connectivity index (χ3v) is 5.24. The average Bonchev–Trinajstić information content (AvgIpc) is 2.62. The fourth-order valence-corrected chi connectivity index (χ4v) is 3.59. The van der Waals surface area contributed by atoms with Gasteiger partial charge in [0.25, 0.3) is 0 Å². The lowest BCUT2D eigenvalue weighted by molar-refractivity contribution is 0.138. The smallest absolute Gasteiger partial charge is 0.407 e. The van der Waals surface area contributed by atoms with Gasteiger partial charge in [-0.25, -0.2) is 18.2 Å². The Morgan fingerprint density at radius 2 is 1.93 bits per heavy atom. The number of carboxylic acid groups (broad SMARTS) is 1. The number of amides is 1. The lowest BCUT2D eigenvalue weighted by atomic mass is 10.1. The van der Waals surface area contributed by atoms with E-state index in [2.05, 4.69) is 16.0 Å². The molecule has 10 heteroatoms. The van der Waals surface area contributed by atoms with Crippen LogP contribution >= 0.6 is 0 Å². The van der Waals surface area contributed by atoms with E-state index in [0.29, 0.717) is 40.1 Å². The van der Waals surface area contributed by atoms with E-state index in [0.717, 1.165) is 11.2 Å². The van der Waals surface area contributed by atoms with Crippen LogP contribution in [0.4, 0.5) is 4.79 Å². The van der Waals surface area contributed by atoms with E-state index >= 15 is 0 Å². The van der Waals surface area contributed by atoms with Crippen LogP contribution in [0.1, 0.15) is 27.9 Å². The zero-order valence-corrected chi connectivity index (χ0v) is 16.4. The molecule has 3 rings (SSSR count). The summed E-state index contributed by atoms with van der Waals surface area (Å²) in [4.78, 5) is 20.6. The molecule has 1 aliphatic heterocycles. The number of aromatic nitrogens is 2. The molecule has 0 saturated carbocycles. The molecule has 2 heterocycles. The summed E-state index contributed by atoms with van der Waals surface area (Å²) in [5.74, 6) is 0.561. The van der Waals surface area contributed by atoms with Crippen molar-refractivity contribution in [3.63, 3.8) is 0 Å². The fourth-order valence-electron chi connectivity index (χ4n) is 3.06. The molecule has 0 unspecified atom stereocenters. The lowest BCUT2D eigenvalue weighted by Crippen LogP contribution is -2.36. The Kier molecular flexibility index (Phi) is 4.95. The minimum absolute atomic E-state index is 0.0442. The van der Waals surface area contributed by atoms with E-state index in [-0.39, 0.29) is 19.0 Å². The first kappa shape index (κ1) is 19.6. The van der Waals surface area contributed by atoms with Crippen LogP contribution in [-0.4, -0.2) is 47.3 Å². The van der Waals surface area contributed by atoms with Crippen molar-refractivity contribution in [2.24, 2.45) is 0 Å². The van der Waals surface area contributed by atoms with Crippen LogP contribution in [0.3, 0.4) is 0 Å². The standard InChI is InChI=1S/C18H18N4O5S/c1-10-6-12(8-19)7-11(2)15(10)27-16-13-4-5-22(18(23)24)9-14(13)20-17(21-16)28(3,25)26/h6-7H,4-5,9H2,1-3H3,(H,23,24). The zero-order valence-electron chi connectivity index (χ0n) is 15.6. The SMILES string of the molecule is Cc1cc(C#N)cc(C)c1Oc1nc(S(C)(=O)=O)nc2c1CCN(C(=O)O)C2. The van der Waals surface area contributed by atoms with Crippen LogP contribution in [0.2, 0.25) is 0 Å². The van der Waals surface area contributed by atoms with Crippen molar-refractivity contribution in [2.75, 3.05) is 12.8 Å². The maximum absolute atomic E-state index is 12.0. The summed E-state index contributed by atoms with van der Waals surface area (Å²) < 4.78 is 30.0. The molecule has 1 aliphatic rings. The number of carbonyl (C=O) groups is 1. The number of aryl methyl sites for hydroxylation is 2. The molecule has 9 nitrogen and oxygen atoms in total. The van der Waals surface area contributed by atoms with E-state index in [4.69, 9.17) is 10.00 Å². The maximum atomic E-state index is 12.0. The van der Waals surface area contributed by atoms with E-state index in [9.17, 15) is 18.3 Å². The van der Waals surface area contributed by atoms with Gasteiger partial charge in [-0.2, -0.15) is 10.2 Å². The van der Waals surface area contributed by atoms with Gasteiger partial charge < -0.3 is 14.7 Å². The molecule has 0 radical (unpaired) electrons. The van der Waals surface area contributed by atoms with Crippen LogP contribution in [0, 0.1) is 25.2 Å². The number of nitrogens with zero attached hydrogens (tertiary/aromatic N) is 4. The lowest BCUT2D eigenvalue weighted by Gasteiger charge is -2.27. The molecule has 0 fully saturated rings. The molecule has 1 amide bonds. The molecule has 0 bridgehead atoms. The van der Waals surface area contributed by atoms with Gasteiger partial charge in [0.05, 0.1) is 23.9 Å². The summed E-state index contributed by atoms with van der Waals surface area (Å²) in [6.45, 7) is 3.74. The first-order valence-corrected chi connectivity index (χ1v) is 10.3. The Labute approximate surface area is 162 Å². The number of benzene rings is 1. The number of hydrogen-bond donors (Lipinski definition) is 1. The zero-order chi connectivity index (χ0) is 20.6. The van der Waals surface area contributed by atoms with Gasteiger partial charge in [-0.1, -0.05) is 0 Å². The van der Waals surface area contributed by atoms with Crippen LogP contribution in [0.25, 0.3) is 0 Å². The number of fused-ring (bicyclic) bond motifs is 1. The highest BCUT2D eigenvalue weighted by Crippen LogP contribution is 2.34. The number of hydrogen-bond acceptors (Lipinski definition) is 7. The van der Waals surface area contributed by atoms with Gasteiger partial charge in [-0.05, 0) is 43.5 Å². The molecule has 1 aromatic carbocycles. The Bertz CT molecular complexity index is 1100. The molecular weight excluding hydrogens is 384 g/mol. The van der Waals surface area contributed by atoms with E-state index in [1.165, 1.54) is 0 Å². The van der Waals surface area contributed by atoms with Crippen molar-refractivity contribution in [1.82, 2.24) is 14.9 Å². The predicted molar refractivity (Wildman–Crippen MR) is 98.0 cm³/mol. The third kappa shape index (κ3) is 3.75. The molecule has 2 aromatic rings. The topological polar surface area (TPSA) is 133 Å². The van der Waals surface area contributed by atoms with Crippen molar-refractivity contribution < 1.29 is 23.1 Å². The highest BCUT2D eigenvalue weighted by Gasteiger charge is 2.28. The third-order valence-electron chi connectivity index (χ3n) is 4.40. The molecule has 1 N–H and O–H groups in total. The first-order chi connectivity index (χ1) is 13.1. The second kappa shape index (κ2) is 7.09. The maximum Gasteiger partial charge on any atom is 0.407 e. The monoisotopic (exact) mass is 402 g/mol. The van der Waals surface area contributed by atoms with Crippen molar-refractivity contribution in [3.05, 3.63) is 40.1 Å². The Balaban J connectivity index is 2.13. The molecule has 0 aliphatic carbocycles. The molecule has 0 atom stereocenters. The minimum atomic E-state index is -3.73. The van der Waals surface area contributed by atoms with Crippen LogP contribution in [0.5, 0.6) is 11.6 Å². The minimum Gasteiger partial charge on any atom is -0.465 e. The summed E-state index contributed by atoms with van der Waals surface area (Å²) in [7, 11) is -3.73. The van der Waals surface area contributed by atoms with Crippen LogP contribution in [0.15, 0.2) is 17.3 Å². The van der Waals surface area contributed by atoms with E-state index < -0.39 is 21.1 Å². The van der Waals surface area contributed by atoms with Gasteiger partial charge in [0, 0.05) is 18.4 Å². The molecule has 1 aromatic heterocycles. The molecule has 0 saturated heterocycles. The average molecular weight is 402 g/mol. The van der Waals surface area contributed by atoms with Gasteiger partial charge in [0.2, 0.25) is 20.9 Å². The van der Waals surface area contributed by atoms with Gasteiger partial charge in [-0.3, -0.25) is 0 Å². The fraction of sp³-hybridized carbons (Fsp3) is 0.333. The summed E-state index contributed by atoms with van der Waals surface area (Å²) in [6.07, 6.45) is 0.176. The van der Waals surface area contributed by atoms with Gasteiger partial charge in [0.1, 0.15) is 5.75 Å². The van der Waals surface area contributed by atoms with Gasteiger partial charge in [0.15, 0.2) is 0 Å². The van der Waals surface area contributed by atoms with Crippen molar-refractivity contribution in [1.29, 1.82) is 5.26 Å². The van der Waals surface area contributed by atoms with Crippen molar-refractivity contribution in [2.45, 2.75) is 32.0 Å². The van der Waals surface area contributed by atoms with Crippen LogP contribution < -0.4 is 4.74 Å². The van der Waals surface area contributed by atoms with Crippen molar-refractivity contribution in [3.8, 4) is 17.7 Å². The number of nitriles is 1. The number of sulfone groups is 1. The largest absolute Gasteiger partial charge is 0.465 e. The number of ether oxygens (including phenoxy) is 1. The van der Waals surface area contributed by atoms with Gasteiger partial charge >= 0.3 is 6.09 Å². The summed E-state index contributed by atoms with van der Waals surface area (Å²) in [5, 5.41) is 17.9. The van der Waals surface area contributed by atoms with E-state index in [1.807, 2.05) is 0 Å². The quantitative estimate of drug-likeness (QED) is 0.772. The summed E-state index contributed by atoms with van der Waals surface area (Å²) >= 11 is 0. The second-order valence-corrected chi connectivity index (χ2v) is 8.53. The molecular formula is C18H18N4O5S. The normalized spacial score (nSPS) is 13.6. The molecule has 146 valence electrons. The number of rotatable bonds is 3. The van der Waals surface area contributed by atoms with Gasteiger partial charge in [-0.15, -0.1) is 0 Å². The predicted octanol–water partition coefficient (Wildman–Crippen LogP) is 2.20. The van der Waals surface area contributed by atoms with Crippen molar-refractivity contribution >= 4 is 15.9 Å². The highest BCUT2D eigenvalue weighted by atomic mass is 32.2. The Hall–Kier alpha value is -3.19. The van der Waals surface area contributed by atoms with Crippen LogP contribution in [-0.2, 0) is 22.8 Å². The Morgan fingerprint density at radius 3 is 2.46 bits per heavy atom. The molecule has 28 heavy (non-hydrogen) atoms. The highest BCUT2D eigenvalue weighted by molar-refractivity contribution is 7.90. The van der Waals surface area contributed by atoms with E-state index in [1.54, 1.807) is 26.0 Å². The summed E-state index contributed by atoms with van der Waals surface area (Å²) in [5.41, 5.74) is 2.78. The first-order valence-electron chi connectivity index (χ1n) is 8.37.